The van der Waals surface area contributed by atoms with E-state index in [0.717, 1.165) is 0 Å². The van der Waals surface area contributed by atoms with Crippen LogP contribution in [0.3, 0.4) is 0 Å². The lowest BCUT2D eigenvalue weighted by atomic mass is 10.2. The zero-order valence-corrected chi connectivity index (χ0v) is 12.7. The number of rotatable bonds is 4. The molecule has 0 aromatic carbocycles. The number of ether oxygens (including phenoxy) is 1. The van der Waals surface area contributed by atoms with Gasteiger partial charge in [0.25, 0.3) is 0 Å². The summed E-state index contributed by atoms with van der Waals surface area (Å²) >= 11 is 0. The molecule has 0 bridgehead atoms. The number of hydrogen-bond acceptors (Lipinski definition) is 5. The largest absolute Gasteiger partial charge is 0.443 e. The topological polar surface area (TPSA) is 61.8 Å². The van der Waals surface area contributed by atoms with Crippen LogP contribution in [0, 0.1) is 12.3 Å². The van der Waals surface area contributed by atoms with E-state index >= 15 is 0 Å². The molecule has 0 atom stereocenters. The molecule has 0 aliphatic rings. The molecule has 0 aliphatic heterocycles. The number of hydrogen-bond donors (Lipinski definition) is 0. The molecule has 6 heteroatoms. The van der Waals surface area contributed by atoms with Crippen molar-refractivity contribution in [2.45, 2.75) is 52.7 Å². The van der Waals surface area contributed by atoms with E-state index < -0.39 is 24.5 Å². The monoisotopic (exact) mass is 276 g/mol. The second-order valence-corrected chi connectivity index (χ2v) is 7.39. The van der Waals surface area contributed by atoms with Crippen molar-refractivity contribution in [1.82, 2.24) is 0 Å². The Morgan fingerprint density at radius 2 is 1.50 bits per heavy atom. The maximum atomic E-state index is 12.5. The van der Waals surface area contributed by atoms with Gasteiger partial charge in [-0.15, -0.1) is 6.42 Å². The first-order valence-electron chi connectivity index (χ1n) is 5.52. The van der Waals surface area contributed by atoms with Crippen LogP contribution >= 0.6 is 7.60 Å². The molecule has 5 nitrogen and oxygen atoms in total. The van der Waals surface area contributed by atoms with E-state index in [1.807, 2.05) is 0 Å². The highest BCUT2D eigenvalue weighted by molar-refractivity contribution is 7.71. The maximum Gasteiger partial charge on any atom is 0.439 e. The highest BCUT2D eigenvalue weighted by Gasteiger charge is 2.44. The van der Waals surface area contributed by atoms with Crippen LogP contribution in [0.1, 0.15) is 41.5 Å². The second-order valence-electron chi connectivity index (χ2n) is 5.66. The van der Waals surface area contributed by atoms with Crippen LogP contribution in [-0.2, 0) is 18.3 Å². The van der Waals surface area contributed by atoms with Crippen LogP contribution in [0.4, 0.5) is 4.79 Å². The second kappa shape index (κ2) is 5.88. The maximum absolute atomic E-state index is 12.5. The van der Waals surface area contributed by atoms with Crippen molar-refractivity contribution in [3.63, 3.8) is 0 Å². The molecule has 0 saturated heterocycles. The van der Waals surface area contributed by atoms with Crippen molar-refractivity contribution in [2.24, 2.45) is 0 Å². The minimum atomic E-state index is -4.04. The third-order valence-corrected chi connectivity index (χ3v) is 3.44. The molecular formula is C12H21O5P. The van der Waals surface area contributed by atoms with Gasteiger partial charge in [0.1, 0.15) is 0 Å². The summed E-state index contributed by atoms with van der Waals surface area (Å²) in [5.74, 6) is 2.12. The van der Waals surface area contributed by atoms with Crippen LogP contribution in [0.15, 0.2) is 0 Å². The van der Waals surface area contributed by atoms with Gasteiger partial charge in [-0.25, -0.2) is 9.36 Å². The van der Waals surface area contributed by atoms with Crippen molar-refractivity contribution in [3.05, 3.63) is 0 Å². The fourth-order valence-electron chi connectivity index (χ4n) is 0.997. The molecule has 0 aromatic heterocycles. The van der Waals surface area contributed by atoms with Gasteiger partial charge in [0.15, 0.2) is 6.61 Å². The van der Waals surface area contributed by atoms with Gasteiger partial charge in [0.05, 0.1) is 11.2 Å². The van der Waals surface area contributed by atoms with Gasteiger partial charge in [-0.1, -0.05) is 5.92 Å². The molecule has 0 saturated carbocycles. The van der Waals surface area contributed by atoms with Gasteiger partial charge >= 0.3 is 13.3 Å². The Kier molecular flexibility index (Phi) is 5.61. The molecule has 18 heavy (non-hydrogen) atoms. The number of carbonyl (C=O) groups excluding carboxylic acids is 1. The molecule has 0 rings (SSSR count). The van der Waals surface area contributed by atoms with Crippen molar-refractivity contribution >= 4 is 13.3 Å². The molecule has 0 radical (unpaired) electrons. The van der Waals surface area contributed by atoms with E-state index in [-0.39, 0.29) is 6.61 Å². The van der Waals surface area contributed by atoms with Gasteiger partial charge in [-0.05, 0) is 41.5 Å². The lowest BCUT2D eigenvalue weighted by Crippen LogP contribution is -2.27. The summed E-state index contributed by atoms with van der Waals surface area (Å²) in [6.07, 6.45) is 4.98. The molecule has 104 valence electrons. The van der Waals surface area contributed by atoms with Crippen LogP contribution in [0.5, 0.6) is 0 Å². The predicted molar refractivity (Wildman–Crippen MR) is 69.5 cm³/mol. The van der Waals surface area contributed by atoms with E-state index in [1.54, 1.807) is 41.5 Å². The Labute approximate surface area is 109 Å². The molecule has 0 fully saturated rings. The SMILES string of the molecule is C#CCOC(=O)P(=O)(OC(C)(C)C)OC(C)(C)C. The van der Waals surface area contributed by atoms with Gasteiger partial charge in [-0.3, -0.25) is 9.05 Å². The van der Waals surface area contributed by atoms with Crippen molar-refractivity contribution in [1.29, 1.82) is 0 Å². The van der Waals surface area contributed by atoms with Crippen LogP contribution in [0.2, 0.25) is 0 Å². The van der Waals surface area contributed by atoms with Crippen molar-refractivity contribution in [3.8, 4) is 12.3 Å². The van der Waals surface area contributed by atoms with Gasteiger partial charge in [0.2, 0.25) is 0 Å². The number of carbonyl (C=O) groups is 1. The first-order chi connectivity index (χ1) is 7.90. The Hall–Kier alpha value is -0.820. The van der Waals surface area contributed by atoms with E-state index in [4.69, 9.17) is 15.5 Å². The van der Waals surface area contributed by atoms with E-state index in [2.05, 4.69) is 10.7 Å². The molecular weight excluding hydrogens is 255 g/mol. The number of terminal acetylenes is 1. The van der Waals surface area contributed by atoms with Crippen LogP contribution in [-0.4, -0.2) is 23.5 Å². The normalized spacial score (nSPS) is 12.9. The Bertz CT molecular complexity index is 361. The van der Waals surface area contributed by atoms with Gasteiger partial charge in [-0.2, -0.15) is 0 Å². The highest BCUT2D eigenvalue weighted by atomic mass is 31.2. The fraction of sp³-hybridized carbons (Fsp3) is 0.750. The minimum Gasteiger partial charge on any atom is -0.443 e. The van der Waals surface area contributed by atoms with Gasteiger partial charge < -0.3 is 4.74 Å². The summed E-state index contributed by atoms with van der Waals surface area (Å²) in [4.78, 5) is 11.7. The summed E-state index contributed by atoms with van der Waals surface area (Å²) in [5, 5.41) is 0. The summed E-state index contributed by atoms with van der Waals surface area (Å²) < 4.78 is 27.6. The average molecular weight is 276 g/mol. The Morgan fingerprint density at radius 1 is 1.11 bits per heavy atom. The van der Waals surface area contributed by atoms with Crippen LogP contribution in [0.25, 0.3) is 0 Å². The molecule has 0 spiro atoms. The Morgan fingerprint density at radius 3 is 1.78 bits per heavy atom. The fourth-order valence-corrected chi connectivity index (χ4v) is 2.85. The third kappa shape index (κ3) is 6.80. The minimum absolute atomic E-state index is 0.274. The third-order valence-electron chi connectivity index (χ3n) is 1.29. The molecule has 0 heterocycles. The van der Waals surface area contributed by atoms with Gasteiger partial charge in [0, 0.05) is 0 Å². The molecule has 0 unspecified atom stereocenters. The summed E-state index contributed by atoms with van der Waals surface area (Å²) in [5.41, 5.74) is -2.68. The smallest absolute Gasteiger partial charge is 0.439 e. The molecule has 0 N–H and O–H groups in total. The predicted octanol–water partition coefficient (Wildman–Crippen LogP) is 3.58. The van der Waals surface area contributed by atoms with Crippen LogP contribution < -0.4 is 0 Å². The lowest BCUT2D eigenvalue weighted by molar-refractivity contribution is 0.0462. The first-order valence-corrected chi connectivity index (χ1v) is 7.06. The quantitative estimate of drug-likeness (QED) is 0.580. The van der Waals surface area contributed by atoms with E-state index in [0.29, 0.717) is 0 Å². The summed E-state index contributed by atoms with van der Waals surface area (Å²) in [6, 6.07) is 0. The average Bonchev–Trinajstić information content (AvgIpc) is 2.07. The standard InChI is InChI=1S/C12H21O5P/c1-8-9-15-10(13)18(14,16-11(2,3)4)17-12(5,6)7/h1H,9H2,2-7H3. The first kappa shape index (κ1) is 17.2. The lowest BCUT2D eigenvalue weighted by Gasteiger charge is -2.30. The van der Waals surface area contributed by atoms with Crippen molar-refractivity contribution in [2.75, 3.05) is 6.61 Å². The molecule has 0 aliphatic carbocycles. The summed E-state index contributed by atoms with van der Waals surface area (Å²) in [6.45, 7) is 9.73. The highest BCUT2D eigenvalue weighted by Crippen LogP contribution is 2.55. The van der Waals surface area contributed by atoms with E-state index in [9.17, 15) is 9.36 Å². The zero-order valence-electron chi connectivity index (χ0n) is 11.8. The Balaban J connectivity index is 5.11. The van der Waals surface area contributed by atoms with E-state index in [1.165, 1.54) is 0 Å². The zero-order chi connectivity index (χ0) is 14.6. The molecule has 0 amide bonds. The van der Waals surface area contributed by atoms with Crippen molar-refractivity contribution < 1.29 is 23.1 Å². The summed E-state index contributed by atoms with van der Waals surface area (Å²) in [7, 11) is -4.04. The molecule has 0 aromatic rings.